The Balaban J connectivity index is 2.99. The molecule has 0 aromatic heterocycles. The second kappa shape index (κ2) is 4.52. The number of rotatable bonds is 3. The minimum Gasteiger partial charge on any atom is -0.481 e. The summed E-state index contributed by atoms with van der Waals surface area (Å²) in [5.41, 5.74) is 5.75. The van der Waals surface area contributed by atoms with E-state index >= 15 is 0 Å². The molecule has 0 aliphatic rings. The molecule has 1 unspecified atom stereocenters. The van der Waals surface area contributed by atoms with Crippen molar-refractivity contribution >= 4 is 21.9 Å². The van der Waals surface area contributed by atoms with Gasteiger partial charge in [0, 0.05) is 16.1 Å². The predicted octanol–water partition coefficient (Wildman–Crippen LogP) is 2.06. The zero-order valence-corrected chi connectivity index (χ0v) is 8.79. The normalized spacial score (nSPS) is 12.5. The molecule has 0 aliphatic heterocycles. The van der Waals surface area contributed by atoms with Crippen LogP contribution in [0.1, 0.15) is 18.0 Å². The van der Waals surface area contributed by atoms with Crippen molar-refractivity contribution in [3.8, 4) is 0 Å². The molecule has 1 aromatic carbocycles. The minimum absolute atomic E-state index is 0.204. The molecular formula is C9H9BrFNO2. The van der Waals surface area contributed by atoms with Crippen molar-refractivity contribution in [2.75, 3.05) is 0 Å². The Kier molecular flexibility index (Phi) is 3.60. The summed E-state index contributed by atoms with van der Waals surface area (Å²) in [6.07, 6.45) is -0.292. The highest BCUT2D eigenvalue weighted by Gasteiger charge is 2.17. The van der Waals surface area contributed by atoms with E-state index in [-0.39, 0.29) is 12.0 Å². The Morgan fingerprint density at radius 1 is 1.64 bits per heavy atom. The molecule has 1 rings (SSSR count). The van der Waals surface area contributed by atoms with Gasteiger partial charge in [0.1, 0.15) is 5.82 Å². The van der Waals surface area contributed by atoms with Crippen LogP contribution in [-0.2, 0) is 4.79 Å². The van der Waals surface area contributed by atoms with Gasteiger partial charge in [-0.2, -0.15) is 0 Å². The van der Waals surface area contributed by atoms with Crippen LogP contribution in [-0.4, -0.2) is 11.1 Å². The number of halogens is 2. The van der Waals surface area contributed by atoms with Crippen molar-refractivity contribution in [2.24, 2.45) is 5.73 Å². The lowest BCUT2D eigenvalue weighted by atomic mass is 10.0. The standard InChI is InChI=1S/C9H9BrFNO2/c10-5-2-1-3-6(11)9(5)7(12)4-8(13)14/h1-3,7H,4,12H2,(H,13,14). The lowest BCUT2D eigenvalue weighted by Crippen LogP contribution is -2.16. The monoisotopic (exact) mass is 261 g/mol. The van der Waals surface area contributed by atoms with Crippen LogP contribution in [0.15, 0.2) is 22.7 Å². The van der Waals surface area contributed by atoms with Crippen molar-refractivity contribution in [2.45, 2.75) is 12.5 Å². The second-order valence-electron chi connectivity index (χ2n) is 2.84. The van der Waals surface area contributed by atoms with E-state index in [0.717, 1.165) is 0 Å². The topological polar surface area (TPSA) is 63.3 Å². The zero-order valence-electron chi connectivity index (χ0n) is 7.21. The van der Waals surface area contributed by atoms with Gasteiger partial charge < -0.3 is 10.8 Å². The fourth-order valence-electron chi connectivity index (χ4n) is 1.16. The molecule has 0 amide bonds. The molecule has 5 heteroatoms. The molecule has 3 nitrogen and oxygen atoms in total. The second-order valence-corrected chi connectivity index (χ2v) is 3.69. The number of carboxylic acid groups (broad SMARTS) is 1. The first-order valence-electron chi connectivity index (χ1n) is 3.93. The highest BCUT2D eigenvalue weighted by atomic mass is 79.9. The number of benzene rings is 1. The van der Waals surface area contributed by atoms with Crippen LogP contribution in [0, 0.1) is 5.82 Å². The summed E-state index contributed by atoms with van der Waals surface area (Å²) in [4.78, 5) is 10.4. The molecular weight excluding hydrogens is 253 g/mol. The molecule has 0 aliphatic carbocycles. The van der Waals surface area contributed by atoms with Crippen molar-refractivity contribution < 1.29 is 14.3 Å². The van der Waals surface area contributed by atoms with Gasteiger partial charge >= 0.3 is 5.97 Å². The Labute approximate surface area is 88.9 Å². The Morgan fingerprint density at radius 2 is 2.29 bits per heavy atom. The largest absolute Gasteiger partial charge is 0.481 e. The highest BCUT2D eigenvalue weighted by Crippen LogP contribution is 2.26. The van der Waals surface area contributed by atoms with Gasteiger partial charge in [0.15, 0.2) is 0 Å². The Bertz CT molecular complexity index is 336. The number of carboxylic acids is 1. The molecule has 0 fully saturated rings. The van der Waals surface area contributed by atoms with E-state index in [2.05, 4.69) is 15.9 Å². The summed E-state index contributed by atoms with van der Waals surface area (Å²) in [6.45, 7) is 0. The third-order valence-electron chi connectivity index (χ3n) is 1.77. The number of carbonyl (C=O) groups is 1. The van der Waals surface area contributed by atoms with Crippen LogP contribution in [0.25, 0.3) is 0 Å². The van der Waals surface area contributed by atoms with Gasteiger partial charge in [0.25, 0.3) is 0 Å². The van der Waals surface area contributed by atoms with E-state index in [4.69, 9.17) is 10.8 Å². The van der Waals surface area contributed by atoms with Crippen LogP contribution in [0.5, 0.6) is 0 Å². The van der Waals surface area contributed by atoms with Gasteiger partial charge in [-0.1, -0.05) is 22.0 Å². The van der Waals surface area contributed by atoms with Crippen LogP contribution in [0.2, 0.25) is 0 Å². The Hall–Kier alpha value is -0.940. The van der Waals surface area contributed by atoms with E-state index in [9.17, 15) is 9.18 Å². The van der Waals surface area contributed by atoms with Gasteiger partial charge in [-0.3, -0.25) is 4.79 Å². The van der Waals surface area contributed by atoms with Gasteiger partial charge in [0.05, 0.1) is 6.42 Å². The third kappa shape index (κ3) is 2.52. The number of aliphatic carboxylic acids is 1. The fourth-order valence-corrected chi connectivity index (χ4v) is 1.79. The van der Waals surface area contributed by atoms with E-state index in [1.807, 2.05) is 0 Å². The average Bonchev–Trinajstić information content (AvgIpc) is 2.01. The zero-order chi connectivity index (χ0) is 10.7. The van der Waals surface area contributed by atoms with E-state index < -0.39 is 17.8 Å². The molecule has 14 heavy (non-hydrogen) atoms. The van der Waals surface area contributed by atoms with Gasteiger partial charge in [-0.25, -0.2) is 4.39 Å². The maximum Gasteiger partial charge on any atom is 0.305 e. The quantitative estimate of drug-likeness (QED) is 0.876. The average molecular weight is 262 g/mol. The van der Waals surface area contributed by atoms with E-state index in [1.165, 1.54) is 12.1 Å². The molecule has 0 saturated carbocycles. The lowest BCUT2D eigenvalue weighted by Gasteiger charge is -2.12. The molecule has 3 N–H and O–H groups in total. The summed E-state index contributed by atoms with van der Waals surface area (Å²) >= 11 is 3.12. The first-order chi connectivity index (χ1) is 6.52. The number of nitrogens with two attached hydrogens (primary N) is 1. The number of hydrogen-bond donors (Lipinski definition) is 2. The van der Waals surface area contributed by atoms with Crippen LogP contribution >= 0.6 is 15.9 Å². The molecule has 0 heterocycles. The first-order valence-corrected chi connectivity index (χ1v) is 4.73. The van der Waals surface area contributed by atoms with Crippen LogP contribution in [0.4, 0.5) is 4.39 Å². The molecule has 1 atom stereocenters. The van der Waals surface area contributed by atoms with Crippen molar-refractivity contribution in [3.63, 3.8) is 0 Å². The Morgan fingerprint density at radius 3 is 2.79 bits per heavy atom. The molecule has 1 aromatic rings. The van der Waals surface area contributed by atoms with Crippen molar-refractivity contribution in [3.05, 3.63) is 34.1 Å². The van der Waals surface area contributed by atoms with Crippen molar-refractivity contribution in [1.82, 2.24) is 0 Å². The summed E-state index contributed by atoms with van der Waals surface area (Å²) in [6, 6.07) is 3.57. The highest BCUT2D eigenvalue weighted by molar-refractivity contribution is 9.10. The molecule has 0 saturated heterocycles. The SMILES string of the molecule is NC(CC(=O)O)c1c(F)cccc1Br. The summed E-state index contributed by atoms with van der Waals surface area (Å²) < 4.78 is 13.7. The van der Waals surface area contributed by atoms with Gasteiger partial charge in [-0.05, 0) is 12.1 Å². The first kappa shape index (κ1) is 11.1. The molecule has 76 valence electrons. The predicted molar refractivity (Wildman–Crippen MR) is 53.3 cm³/mol. The van der Waals surface area contributed by atoms with E-state index in [0.29, 0.717) is 4.47 Å². The minimum atomic E-state index is -1.05. The fraction of sp³-hybridized carbons (Fsp3) is 0.222. The summed E-state index contributed by atoms with van der Waals surface area (Å²) in [5.74, 6) is -1.54. The molecule has 0 radical (unpaired) electrons. The summed E-state index contributed by atoms with van der Waals surface area (Å²) in [7, 11) is 0. The maximum atomic E-state index is 13.2. The van der Waals surface area contributed by atoms with Gasteiger partial charge in [0.2, 0.25) is 0 Å². The van der Waals surface area contributed by atoms with Crippen LogP contribution < -0.4 is 5.73 Å². The van der Waals surface area contributed by atoms with Gasteiger partial charge in [-0.15, -0.1) is 0 Å². The summed E-state index contributed by atoms with van der Waals surface area (Å²) in [5, 5.41) is 8.51. The smallest absolute Gasteiger partial charge is 0.305 e. The van der Waals surface area contributed by atoms with Crippen LogP contribution in [0.3, 0.4) is 0 Å². The molecule has 0 spiro atoms. The maximum absolute atomic E-state index is 13.2. The third-order valence-corrected chi connectivity index (χ3v) is 2.46. The lowest BCUT2D eigenvalue weighted by molar-refractivity contribution is -0.137. The van der Waals surface area contributed by atoms with E-state index in [1.54, 1.807) is 6.07 Å². The van der Waals surface area contributed by atoms with Crippen molar-refractivity contribution in [1.29, 1.82) is 0 Å². The molecule has 0 bridgehead atoms. The number of hydrogen-bond acceptors (Lipinski definition) is 2.